The van der Waals surface area contributed by atoms with Crippen LogP contribution in [0.4, 0.5) is 10.1 Å². The molecule has 0 aliphatic heterocycles. The zero-order valence-corrected chi connectivity index (χ0v) is 16.5. The second-order valence-electron chi connectivity index (χ2n) is 6.31. The third-order valence-electron chi connectivity index (χ3n) is 4.09. The lowest BCUT2D eigenvalue weighted by Gasteiger charge is -2.09. The Kier molecular flexibility index (Phi) is 5.88. The summed E-state index contributed by atoms with van der Waals surface area (Å²) in [5.41, 5.74) is 0.179. The molecule has 0 radical (unpaired) electrons. The second-order valence-corrected chi connectivity index (χ2v) is 8.21. The largest absolute Gasteiger partial charge is 0.324 e. The molecule has 0 fully saturated rings. The van der Waals surface area contributed by atoms with E-state index in [1.54, 1.807) is 0 Å². The van der Waals surface area contributed by atoms with Crippen LogP contribution in [0, 0.1) is 5.82 Å². The Morgan fingerprint density at radius 3 is 2.40 bits per heavy atom. The van der Waals surface area contributed by atoms with Crippen molar-refractivity contribution in [3.63, 3.8) is 0 Å². The first-order valence-corrected chi connectivity index (χ1v) is 10.1. The molecule has 0 spiro atoms. The van der Waals surface area contributed by atoms with Gasteiger partial charge in [-0.3, -0.25) is 14.4 Å². The lowest BCUT2D eigenvalue weighted by molar-refractivity contribution is -0.117. The molecule has 3 aromatic rings. The Bertz CT molecular complexity index is 1280. The number of aromatic nitrogens is 2. The summed E-state index contributed by atoms with van der Waals surface area (Å²) >= 11 is 0. The van der Waals surface area contributed by atoms with E-state index in [4.69, 9.17) is 0 Å². The highest BCUT2D eigenvalue weighted by Gasteiger charge is 2.21. The number of hydrogen-bond acceptors (Lipinski definition) is 6. The van der Waals surface area contributed by atoms with E-state index in [-0.39, 0.29) is 10.7 Å². The van der Waals surface area contributed by atoms with Crippen LogP contribution in [0.15, 0.2) is 75.4 Å². The first kappa shape index (κ1) is 21.1. The maximum atomic E-state index is 13.4. The van der Waals surface area contributed by atoms with Crippen LogP contribution in [0.5, 0.6) is 0 Å². The fourth-order valence-electron chi connectivity index (χ4n) is 2.57. The summed E-state index contributed by atoms with van der Waals surface area (Å²) in [5, 5.41) is 5.80. The predicted molar refractivity (Wildman–Crippen MR) is 105 cm³/mol. The average Bonchev–Trinajstić information content (AvgIpc) is 2.70. The van der Waals surface area contributed by atoms with E-state index in [1.165, 1.54) is 43.3 Å². The molecule has 154 valence electrons. The quantitative estimate of drug-likeness (QED) is 0.600. The number of sulfone groups is 1. The van der Waals surface area contributed by atoms with Gasteiger partial charge in [-0.25, -0.2) is 17.5 Å². The molecule has 1 aromatic heterocycles. The minimum Gasteiger partial charge on any atom is -0.324 e. The van der Waals surface area contributed by atoms with Crippen molar-refractivity contribution in [3.8, 4) is 0 Å². The van der Waals surface area contributed by atoms with Gasteiger partial charge in [0.25, 0.3) is 5.56 Å². The molecule has 1 N–H and O–H groups in total. The Labute approximate surface area is 170 Å². The van der Waals surface area contributed by atoms with Gasteiger partial charge in [-0.05, 0) is 55.5 Å². The van der Waals surface area contributed by atoms with Gasteiger partial charge < -0.3 is 5.32 Å². The number of nitrogens with one attached hydrogen (secondary N) is 1. The van der Waals surface area contributed by atoms with Crippen molar-refractivity contribution >= 4 is 27.2 Å². The lowest BCUT2D eigenvalue weighted by Crippen LogP contribution is -2.30. The van der Waals surface area contributed by atoms with Crippen LogP contribution >= 0.6 is 0 Å². The van der Waals surface area contributed by atoms with E-state index in [2.05, 4.69) is 10.4 Å². The Balaban J connectivity index is 1.82. The van der Waals surface area contributed by atoms with Gasteiger partial charge in [0.2, 0.25) is 15.7 Å². The van der Waals surface area contributed by atoms with Gasteiger partial charge in [-0.1, -0.05) is 6.07 Å². The fourth-order valence-corrected chi connectivity index (χ4v) is 3.79. The van der Waals surface area contributed by atoms with Crippen molar-refractivity contribution in [2.24, 2.45) is 0 Å². The number of benzene rings is 2. The zero-order valence-electron chi connectivity index (χ0n) is 15.7. The van der Waals surface area contributed by atoms with E-state index in [0.29, 0.717) is 15.9 Å². The molecule has 30 heavy (non-hydrogen) atoms. The molecular formula is C20H16FN3O5S. The maximum Gasteiger partial charge on any atom is 0.267 e. The summed E-state index contributed by atoms with van der Waals surface area (Å²) in [6, 6.07) is 12.5. The van der Waals surface area contributed by atoms with Gasteiger partial charge in [-0.15, -0.1) is 0 Å². The van der Waals surface area contributed by atoms with Gasteiger partial charge in [-0.2, -0.15) is 5.10 Å². The standard InChI is InChI=1S/C20H16FN3O5S/c1-13(25)14-5-7-16(8-6-14)22-18(26)12-24-20(27)10-9-19(23-24)30(28,29)17-4-2-3-15(21)11-17/h2-11H,12H2,1H3,(H,22,26). The molecule has 0 aliphatic rings. The molecule has 0 saturated heterocycles. The highest BCUT2D eigenvalue weighted by molar-refractivity contribution is 7.91. The lowest BCUT2D eigenvalue weighted by atomic mass is 10.1. The van der Waals surface area contributed by atoms with Gasteiger partial charge in [0, 0.05) is 17.3 Å². The van der Waals surface area contributed by atoms with Gasteiger partial charge in [0.15, 0.2) is 10.8 Å². The van der Waals surface area contributed by atoms with Crippen LogP contribution in [0.1, 0.15) is 17.3 Å². The molecule has 1 heterocycles. The normalized spacial score (nSPS) is 11.1. The van der Waals surface area contributed by atoms with Gasteiger partial charge >= 0.3 is 0 Å². The summed E-state index contributed by atoms with van der Waals surface area (Å²) in [6.07, 6.45) is 0. The molecule has 3 rings (SSSR count). The fraction of sp³-hybridized carbons (Fsp3) is 0.100. The van der Waals surface area contributed by atoms with E-state index in [9.17, 15) is 27.2 Å². The predicted octanol–water partition coefficient (Wildman–Crippen LogP) is 2.06. The van der Waals surface area contributed by atoms with E-state index in [0.717, 1.165) is 24.3 Å². The highest BCUT2D eigenvalue weighted by Crippen LogP contribution is 2.18. The molecule has 0 bridgehead atoms. The molecule has 2 aromatic carbocycles. The van der Waals surface area contributed by atoms with Crippen LogP contribution in [-0.4, -0.2) is 29.9 Å². The third-order valence-corrected chi connectivity index (χ3v) is 5.74. The van der Waals surface area contributed by atoms with Gasteiger partial charge in [0.05, 0.1) is 4.90 Å². The van der Waals surface area contributed by atoms with Gasteiger partial charge in [0.1, 0.15) is 12.4 Å². The number of anilines is 1. The molecular weight excluding hydrogens is 413 g/mol. The molecule has 10 heteroatoms. The van der Waals surface area contributed by atoms with Crippen LogP contribution < -0.4 is 10.9 Å². The highest BCUT2D eigenvalue weighted by atomic mass is 32.2. The number of halogens is 1. The number of carbonyl (C=O) groups excluding carboxylic acids is 2. The van der Waals surface area contributed by atoms with Crippen molar-refractivity contribution < 1.29 is 22.4 Å². The van der Waals surface area contributed by atoms with Crippen LogP contribution in [0.2, 0.25) is 0 Å². The summed E-state index contributed by atoms with van der Waals surface area (Å²) in [6.45, 7) is 0.871. The molecule has 0 unspecified atom stereocenters. The van der Waals surface area contributed by atoms with E-state index < -0.39 is 38.7 Å². The van der Waals surface area contributed by atoms with Crippen molar-refractivity contribution in [2.45, 2.75) is 23.4 Å². The molecule has 8 nitrogen and oxygen atoms in total. The minimum absolute atomic E-state index is 0.125. The smallest absolute Gasteiger partial charge is 0.267 e. The minimum atomic E-state index is -4.18. The second kappa shape index (κ2) is 8.37. The Hall–Kier alpha value is -3.66. The summed E-state index contributed by atoms with van der Waals surface area (Å²) in [5.74, 6) is -1.49. The number of nitrogens with zero attached hydrogens (tertiary/aromatic N) is 2. The number of hydrogen-bond donors (Lipinski definition) is 1. The summed E-state index contributed by atoms with van der Waals surface area (Å²) in [4.78, 5) is 35.2. The first-order chi connectivity index (χ1) is 14.2. The zero-order chi connectivity index (χ0) is 21.9. The van der Waals surface area contributed by atoms with Crippen molar-refractivity contribution in [1.29, 1.82) is 0 Å². The van der Waals surface area contributed by atoms with Crippen molar-refractivity contribution in [3.05, 3.63) is 82.4 Å². The van der Waals surface area contributed by atoms with Crippen LogP contribution in [-0.2, 0) is 21.2 Å². The van der Waals surface area contributed by atoms with Crippen LogP contribution in [0.25, 0.3) is 0 Å². The van der Waals surface area contributed by atoms with E-state index >= 15 is 0 Å². The number of ketones is 1. The molecule has 0 aliphatic carbocycles. The Morgan fingerprint density at radius 1 is 1.07 bits per heavy atom. The van der Waals surface area contributed by atoms with E-state index in [1.807, 2.05) is 0 Å². The van der Waals surface area contributed by atoms with Crippen LogP contribution in [0.3, 0.4) is 0 Å². The average molecular weight is 429 g/mol. The number of amides is 1. The third kappa shape index (κ3) is 4.66. The summed E-state index contributed by atoms with van der Waals surface area (Å²) in [7, 11) is -4.18. The SMILES string of the molecule is CC(=O)c1ccc(NC(=O)Cn2nc(S(=O)(=O)c3cccc(F)c3)ccc2=O)cc1. The monoisotopic (exact) mass is 429 g/mol. The molecule has 1 amide bonds. The number of carbonyl (C=O) groups is 2. The maximum absolute atomic E-state index is 13.4. The number of Topliss-reactive ketones (excluding diaryl/α,β-unsaturated/α-hetero) is 1. The Morgan fingerprint density at radius 2 is 1.77 bits per heavy atom. The van der Waals surface area contributed by atoms with Crippen molar-refractivity contribution in [1.82, 2.24) is 9.78 Å². The summed E-state index contributed by atoms with van der Waals surface area (Å²) < 4.78 is 39.4. The topological polar surface area (TPSA) is 115 Å². The first-order valence-electron chi connectivity index (χ1n) is 8.66. The number of rotatable bonds is 6. The molecule has 0 saturated carbocycles. The van der Waals surface area contributed by atoms with Crippen molar-refractivity contribution in [2.75, 3.05) is 5.32 Å². The molecule has 0 atom stereocenters.